The maximum atomic E-state index is 11.0. The number of ether oxygens (including phenoxy) is 1. The Bertz CT molecular complexity index is 406. The normalized spacial score (nSPS) is 19.7. The first kappa shape index (κ1) is 11.1. The number of aromatic nitrogens is 2. The van der Waals surface area contributed by atoms with Crippen LogP contribution in [0.4, 0.5) is 5.82 Å². The fourth-order valence-corrected chi connectivity index (χ4v) is 1.66. The Kier molecular flexibility index (Phi) is 3.21. The Morgan fingerprint density at radius 1 is 1.62 bits per heavy atom. The highest BCUT2D eigenvalue weighted by molar-refractivity contribution is 6.28. The smallest absolute Gasteiger partial charge is 0.267 e. The van der Waals surface area contributed by atoms with Gasteiger partial charge in [-0.25, -0.2) is 9.97 Å². The zero-order chi connectivity index (χ0) is 11.5. The van der Waals surface area contributed by atoms with Crippen molar-refractivity contribution in [1.29, 1.82) is 0 Å². The lowest BCUT2D eigenvalue weighted by atomic mass is 10.2. The predicted octanol–water partition coefficient (Wildman–Crippen LogP) is 0.430. The van der Waals surface area contributed by atoms with Crippen molar-refractivity contribution in [2.45, 2.75) is 12.5 Å². The molecule has 86 valence electrons. The molecule has 2 rings (SSSR count). The number of halogens is 1. The lowest BCUT2D eigenvalue weighted by molar-refractivity contribution is 0.0995. The molecule has 6 nitrogen and oxygen atoms in total. The molecule has 0 unspecified atom stereocenters. The van der Waals surface area contributed by atoms with Crippen LogP contribution < -0.4 is 11.1 Å². The van der Waals surface area contributed by atoms with Crippen molar-refractivity contribution in [3.05, 3.63) is 17.0 Å². The van der Waals surface area contributed by atoms with Crippen LogP contribution >= 0.6 is 11.6 Å². The van der Waals surface area contributed by atoms with E-state index in [9.17, 15) is 4.79 Å². The predicted molar refractivity (Wildman–Crippen MR) is 58.4 cm³/mol. The third-order valence-corrected chi connectivity index (χ3v) is 2.40. The summed E-state index contributed by atoms with van der Waals surface area (Å²) < 4.78 is 5.21. The summed E-state index contributed by atoms with van der Waals surface area (Å²) in [5, 5.41) is 3.11. The molecule has 0 saturated carbocycles. The van der Waals surface area contributed by atoms with Gasteiger partial charge in [0.2, 0.25) is 5.28 Å². The number of amides is 1. The van der Waals surface area contributed by atoms with Crippen LogP contribution in [0.15, 0.2) is 6.07 Å². The van der Waals surface area contributed by atoms with Crippen molar-refractivity contribution in [2.75, 3.05) is 18.5 Å². The third-order valence-electron chi connectivity index (χ3n) is 2.23. The van der Waals surface area contributed by atoms with E-state index in [-0.39, 0.29) is 17.0 Å². The van der Waals surface area contributed by atoms with Crippen LogP contribution in [-0.4, -0.2) is 35.1 Å². The van der Waals surface area contributed by atoms with Gasteiger partial charge in [0.1, 0.15) is 11.5 Å². The number of carbonyl (C=O) groups excluding carboxylic acids is 1. The Morgan fingerprint density at radius 3 is 3.06 bits per heavy atom. The van der Waals surface area contributed by atoms with Gasteiger partial charge in [0, 0.05) is 12.7 Å². The monoisotopic (exact) mass is 242 g/mol. The molecule has 1 aliphatic heterocycles. The number of hydrogen-bond acceptors (Lipinski definition) is 5. The van der Waals surface area contributed by atoms with E-state index in [1.54, 1.807) is 0 Å². The maximum absolute atomic E-state index is 11.0. The minimum Gasteiger partial charge on any atom is -0.379 e. The number of rotatable bonds is 3. The molecule has 0 radical (unpaired) electrons. The van der Waals surface area contributed by atoms with Gasteiger partial charge in [-0.1, -0.05) is 0 Å². The lowest BCUT2D eigenvalue weighted by Crippen LogP contribution is -2.21. The molecule has 2 heterocycles. The number of nitrogens with two attached hydrogens (primary N) is 1. The second kappa shape index (κ2) is 4.63. The van der Waals surface area contributed by atoms with E-state index in [0.717, 1.165) is 13.0 Å². The molecule has 1 saturated heterocycles. The molecule has 16 heavy (non-hydrogen) atoms. The Morgan fingerprint density at radius 2 is 2.44 bits per heavy atom. The van der Waals surface area contributed by atoms with Crippen molar-refractivity contribution in [2.24, 2.45) is 5.73 Å². The molecule has 1 amide bonds. The van der Waals surface area contributed by atoms with Gasteiger partial charge in [0.25, 0.3) is 5.91 Å². The van der Waals surface area contributed by atoms with Crippen LogP contribution in [0.3, 0.4) is 0 Å². The van der Waals surface area contributed by atoms with Gasteiger partial charge < -0.3 is 15.8 Å². The SMILES string of the molecule is NC(=O)c1cc(N[C@@H]2CCOC2)nc(Cl)n1. The van der Waals surface area contributed by atoms with E-state index < -0.39 is 5.91 Å². The third kappa shape index (κ3) is 2.59. The Labute approximate surface area is 97.2 Å². The number of carbonyl (C=O) groups is 1. The standard InChI is InChI=1S/C9H11ClN4O2/c10-9-13-6(8(11)15)3-7(14-9)12-5-1-2-16-4-5/h3,5H,1-2,4H2,(H2,11,15)(H,12,13,14)/t5-/m1/s1. The molecule has 3 N–H and O–H groups in total. The van der Waals surface area contributed by atoms with Crippen molar-refractivity contribution < 1.29 is 9.53 Å². The Balaban J connectivity index is 2.16. The second-order valence-corrected chi connectivity index (χ2v) is 3.81. The van der Waals surface area contributed by atoms with Crippen molar-refractivity contribution in [3.8, 4) is 0 Å². The summed E-state index contributed by atoms with van der Waals surface area (Å²) in [5.41, 5.74) is 5.22. The first-order valence-corrected chi connectivity index (χ1v) is 5.21. The van der Waals surface area contributed by atoms with E-state index in [1.165, 1.54) is 6.07 Å². The number of nitrogens with one attached hydrogen (secondary N) is 1. The first-order chi connectivity index (χ1) is 7.65. The molecule has 0 aromatic carbocycles. The van der Waals surface area contributed by atoms with Gasteiger partial charge >= 0.3 is 0 Å². The number of anilines is 1. The fraction of sp³-hybridized carbons (Fsp3) is 0.444. The molecule has 0 spiro atoms. The minimum absolute atomic E-state index is 0.00212. The van der Waals surface area contributed by atoms with E-state index in [2.05, 4.69) is 15.3 Å². The molecular weight excluding hydrogens is 232 g/mol. The average molecular weight is 243 g/mol. The highest BCUT2D eigenvalue weighted by Gasteiger charge is 2.17. The topological polar surface area (TPSA) is 90.1 Å². The van der Waals surface area contributed by atoms with Gasteiger partial charge in [0.15, 0.2) is 0 Å². The summed E-state index contributed by atoms with van der Waals surface area (Å²) in [6.07, 6.45) is 0.896. The van der Waals surface area contributed by atoms with Gasteiger partial charge in [0.05, 0.1) is 12.6 Å². The average Bonchev–Trinajstić information content (AvgIpc) is 2.69. The Hall–Kier alpha value is -1.40. The van der Waals surface area contributed by atoms with E-state index >= 15 is 0 Å². The number of primary amides is 1. The molecule has 1 aromatic heterocycles. The van der Waals surface area contributed by atoms with Crippen LogP contribution in [0.1, 0.15) is 16.9 Å². The van der Waals surface area contributed by atoms with Crippen LogP contribution in [0.5, 0.6) is 0 Å². The second-order valence-electron chi connectivity index (χ2n) is 3.48. The maximum Gasteiger partial charge on any atom is 0.267 e. The fourth-order valence-electron chi connectivity index (χ4n) is 1.48. The quantitative estimate of drug-likeness (QED) is 0.751. The van der Waals surface area contributed by atoms with Crippen molar-refractivity contribution in [1.82, 2.24) is 9.97 Å². The highest BCUT2D eigenvalue weighted by Crippen LogP contribution is 2.14. The minimum atomic E-state index is -0.630. The van der Waals surface area contributed by atoms with Crippen LogP contribution in [0, 0.1) is 0 Å². The molecule has 1 atom stereocenters. The first-order valence-electron chi connectivity index (χ1n) is 4.84. The molecule has 0 aliphatic carbocycles. The number of nitrogens with zero attached hydrogens (tertiary/aromatic N) is 2. The van der Waals surface area contributed by atoms with Gasteiger partial charge in [-0.15, -0.1) is 0 Å². The van der Waals surface area contributed by atoms with Crippen molar-refractivity contribution >= 4 is 23.3 Å². The van der Waals surface area contributed by atoms with Crippen LogP contribution in [-0.2, 0) is 4.74 Å². The summed E-state index contributed by atoms with van der Waals surface area (Å²) in [5.74, 6) is -0.140. The van der Waals surface area contributed by atoms with Gasteiger partial charge in [-0.2, -0.15) is 0 Å². The van der Waals surface area contributed by atoms with E-state index in [0.29, 0.717) is 12.4 Å². The summed E-state index contributed by atoms with van der Waals surface area (Å²) >= 11 is 5.68. The zero-order valence-electron chi connectivity index (χ0n) is 8.44. The summed E-state index contributed by atoms with van der Waals surface area (Å²) in [6, 6.07) is 1.67. The molecule has 0 bridgehead atoms. The zero-order valence-corrected chi connectivity index (χ0v) is 9.20. The number of hydrogen-bond donors (Lipinski definition) is 2. The van der Waals surface area contributed by atoms with E-state index in [4.69, 9.17) is 22.1 Å². The van der Waals surface area contributed by atoms with Gasteiger partial charge in [-0.05, 0) is 18.0 Å². The van der Waals surface area contributed by atoms with E-state index in [1.807, 2.05) is 0 Å². The molecule has 1 aromatic rings. The van der Waals surface area contributed by atoms with Crippen LogP contribution in [0.2, 0.25) is 5.28 Å². The summed E-state index contributed by atoms with van der Waals surface area (Å²) in [4.78, 5) is 18.6. The molecule has 1 fully saturated rings. The van der Waals surface area contributed by atoms with Gasteiger partial charge in [-0.3, -0.25) is 4.79 Å². The lowest BCUT2D eigenvalue weighted by Gasteiger charge is -2.11. The summed E-state index contributed by atoms with van der Waals surface area (Å²) in [6.45, 7) is 1.34. The van der Waals surface area contributed by atoms with Crippen molar-refractivity contribution in [3.63, 3.8) is 0 Å². The molecule has 1 aliphatic rings. The highest BCUT2D eigenvalue weighted by atomic mass is 35.5. The summed E-state index contributed by atoms with van der Waals surface area (Å²) in [7, 11) is 0. The largest absolute Gasteiger partial charge is 0.379 e. The van der Waals surface area contributed by atoms with Crippen LogP contribution in [0.25, 0.3) is 0 Å². The molecular formula is C9H11ClN4O2. The molecule has 7 heteroatoms.